The topological polar surface area (TPSA) is 52.5 Å². The Morgan fingerprint density at radius 3 is 1.90 bits per heavy atom. The van der Waals surface area contributed by atoms with Gasteiger partial charge in [-0.25, -0.2) is 9.98 Å². The summed E-state index contributed by atoms with van der Waals surface area (Å²) in [6.07, 6.45) is 17.7. The molecule has 0 fully saturated rings. The van der Waals surface area contributed by atoms with Gasteiger partial charge in [-0.3, -0.25) is 0 Å². The molecule has 40 heavy (non-hydrogen) atoms. The minimum atomic E-state index is 0.0895. The first-order valence-electron chi connectivity index (χ1n) is 13.8. The minimum absolute atomic E-state index is 0.0895. The van der Waals surface area contributed by atoms with Crippen molar-refractivity contribution in [2.24, 2.45) is 15.9 Å². The number of nitrogens with zero attached hydrogens (tertiary/aromatic N) is 2. The van der Waals surface area contributed by atoms with Gasteiger partial charge in [0.2, 0.25) is 0 Å². The Bertz CT molecular complexity index is 2140. The molecule has 3 aromatic carbocycles. The minimum Gasteiger partial charge on any atom is -0.378 e. The molecular weight excluding hydrogens is 488 g/mol. The number of fused-ring (bicyclic) bond motifs is 17. The number of hydrogen-bond donors (Lipinski definition) is 2. The summed E-state index contributed by atoms with van der Waals surface area (Å²) in [5.41, 5.74) is 11.0. The van der Waals surface area contributed by atoms with Crippen LogP contribution >= 0.6 is 0 Å². The average Bonchev–Trinajstić information content (AvgIpc) is 3.73. The van der Waals surface area contributed by atoms with Gasteiger partial charge in [0.1, 0.15) is 0 Å². The van der Waals surface area contributed by atoms with E-state index in [2.05, 4.69) is 132 Å². The van der Waals surface area contributed by atoms with Crippen LogP contribution in [0.2, 0.25) is 0 Å². The summed E-state index contributed by atoms with van der Waals surface area (Å²) in [7, 11) is 0. The van der Waals surface area contributed by atoms with Crippen molar-refractivity contribution in [1.29, 1.82) is 0 Å². The maximum atomic E-state index is 5.21. The number of aromatic nitrogens is 1. The molecule has 4 aliphatic heterocycles. The maximum absolute atomic E-state index is 5.21. The molecule has 4 aromatic rings. The Morgan fingerprint density at radius 1 is 0.600 bits per heavy atom. The van der Waals surface area contributed by atoms with E-state index < -0.39 is 0 Å². The van der Waals surface area contributed by atoms with Gasteiger partial charge in [0.15, 0.2) is 0 Å². The first-order valence-corrected chi connectivity index (χ1v) is 13.8. The molecule has 0 radical (unpaired) electrons. The van der Waals surface area contributed by atoms with Crippen LogP contribution in [-0.4, -0.2) is 22.4 Å². The van der Waals surface area contributed by atoms with Gasteiger partial charge in [-0.05, 0) is 29.9 Å². The zero-order valence-corrected chi connectivity index (χ0v) is 21.6. The molecule has 4 heteroatoms. The Morgan fingerprint density at radius 2 is 1.20 bits per heavy atom. The average molecular weight is 513 g/mol. The molecule has 1 aliphatic carbocycles. The number of benzene rings is 3. The highest BCUT2D eigenvalue weighted by atomic mass is 15.0. The van der Waals surface area contributed by atoms with Crippen molar-refractivity contribution in [3.63, 3.8) is 0 Å². The Balaban J connectivity index is 1.38. The lowest BCUT2D eigenvalue weighted by atomic mass is 9.89. The number of H-pyrrole nitrogens is 1. The Hall–Kier alpha value is -5.22. The van der Waals surface area contributed by atoms with Crippen molar-refractivity contribution in [1.82, 2.24) is 10.3 Å². The van der Waals surface area contributed by atoms with Crippen LogP contribution in [0.3, 0.4) is 0 Å². The molecule has 9 rings (SSSR count). The van der Waals surface area contributed by atoms with E-state index in [4.69, 9.17) is 9.98 Å². The lowest BCUT2D eigenvalue weighted by Crippen LogP contribution is -2.26. The highest BCUT2D eigenvalue weighted by molar-refractivity contribution is 6.28. The molecule has 1 aromatic heterocycles. The summed E-state index contributed by atoms with van der Waals surface area (Å²) in [5.74, 6) is 0.233. The molecule has 2 atom stereocenters. The van der Waals surface area contributed by atoms with E-state index in [0.29, 0.717) is 0 Å². The molecule has 0 saturated carbocycles. The van der Waals surface area contributed by atoms with Crippen LogP contribution in [0.15, 0.2) is 131 Å². The fraction of sp³-hybridized carbons (Fsp3) is 0.0556. The molecule has 5 aliphatic rings. The van der Waals surface area contributed by atoms with E-state index in [0.717, 1.165) is 55.9 Å². The molecule has 4 nitrogen and oxygen atoms in total. The summed E-state index contributed by atoms with van der Waals surface area (Å²) in [6, 6.07) is 25.7. The highest BCUT2D eigenvalue weighted by Gasteiger charge is 2.32. The van der Waals surface area contributed by atoms with E-state index >= 15 is 0 Å². The monoisotopic (exact) mass is 512 g/mol. The van der Waals surface area contributed by atoms with Gasteiger partial charge in [-0.2, -0.15) is 0 Å². The molecule has 0 spiro atoms. The normalized spacial score (nSPS) is 21.4. The van der Waals surface area contributed by atoms with Gasteiger partial charge in [-0.1, -0.05) is 97.1 Å². The van der Waals surface area contributed by atoms with Crippen molar-refractivity contribution < 1.29 is 0 Å². The number of allylic oxidation sites excluding steroid dienone is 4. The lowest BCUT2D eigenvalue weighted by molar-refractivity contribution is 0.638. The second-order valence-electron chi connectivity index (χ2n) is 10.8. The fourth-order valence-electron chi connectivity index (χ4n) is 6.62. The summed E-state index contributed by atoms with van der Waals surface area (Å²) >= 11 is 0. The van der Waals surface area contributed by atoms with Crippen LogP contribution in [0.25, 0.3) is 34.3 Å². The molecule has 8 bridgehead atoms. The third-order valence-electron chi connectivity index (χ3n) is 8.48. The summed E-state index contributed by atoms with van der Waals surface area (Å²) < 4.78 is 0. The molecular formula is C36H24N4. The van der Waals surface area contributed by atoms with Crippen LogP contribution in [-0.2, 0) is 0 Å². The Labute approximate surface area is 231 Å². The van der Waals surface area contributed by atoms with Gasteiger partial charge in [0.05, 0.1) is 28.9 Å². The second kappa shape index (κ2) is 8.14. The number of rotatable bonds is 0. The summed E-state index contributed by atoms with van der Waals surface area (Å²) in [6.45, 7) is 0. The predicted molar refractivity (Wildman–Crippen MR) is 164 cm³/mol. The van der Waals surface area contributed by atoms with Crippen LogP contribution in [0, 0.1) is 5.92 Å². The van der Waals surface area contributed by atoms with Gasteiger partial charge < -0.3 is 10.3 Å². The van der Waals surface area contributed by atoms with Gasteiger partial charge >= 0.3 is 0 Å². The standard InChI is InChI=1S/C36H24N4/c1-2-10-22-21(9-1)29-17-31-23-11-3-4-12-24(23)33(38-31)19-35-27-15-7-8-16-28(27)36(40-35)20-34-26-14-6-5-13-25(26)32(39-34)18-30(22)37-29/h1-21,29,37,40H. The first kappa shape index (κ1) is 21.7. The number of nitrogens with one attached hydrogen (secondary N) is 2. The molecule has 0 amide bonds. The Kier molecular flexibility index (Phi) is 4.41. The molecule has 188 valence electrons. The van der Waals surface area contributed by atoms with Crippen LogP contribution in [0.5, 0.6) is 0 Å². The van der Waals surface area contributed by atoms with E-state index in [9.17, 15) is 0 Å². The van der Waals surface area contributed by atoms with E-state index in [1.54, 1.807) is 0 Å². The van der Waals surface area contributed by atoms with Gasteiger partial charge in [-0.15, -0.1) is 0 Å². The fourth-order valence-corrected chi connectivity index (χ4v) is 6.62. The van der Waals surface area contributed by atoms with Crippen LogP contribution in [0.1, 0.15) is 22.3 Å². The number of hydrogen-bond acceptors (Lipinski definition) is 3. The zero-order chi connectivity index (χ0) is 26.2. The van der Waals surface area contributed by atoms with E-state index in [-0.39, 0.29) is 12.0 Å². The third-order valence-corrected chi connectivity index (χ3v) is 8.48. The van der Waals surface area contributed by atoms with Crippen molar-refractivity contribution >= 4 is 45.7 Å². The van der Waals surface area contributed by atoms with E-state index in [1.165, 1.54) is 21.9 Å². The molecule has 0 saturated heterocycles. The largest absolute Gasteiger partial charge is 0.378 e. The predicted octanol–water partition coefficient (Wildman–Crippen LogP) is 5.40. The summed E-state index contributed by atoms with van der Waals surface area (Å²) in [5, 5.41) is 8.28. The second-order valence-corrected chi connectivity index (χ2v) is 10.8. The number of aliphatic imine (C=N–C) groups is 2. The lowest BCUT2D eigenvalue weighted by Gasteiger charge is -2.17. The third kappa shape index (κ3) is 3.13. The van der Waals surface area contributed by atoms with Gasteiger partial charge in [0.25, 0.3) is 0 Å². The first-order chi connectivity index (χ1) is 19.8. The smallest absolute Gasteiger partial charge is 0.0737 e. The van der Waals surface area contributed by atoms with Gasteiger partial charge in [0, 0.05) is 55.3 Å². The highest BCUT2D eigenvalue weighted by Crippen LogP contribution is 2.38. The van der Waals surface area contributed by atoms with Crippen molar-refractivity contribution in [2.75, 3.05) is 0 Å². The maximum Gasteiger partial charge on any atom is 0.0737 e. The van der Waals surface area contributed by atoms with E-state index in [1.807, 2.05) is 0 Å². The van der Waals surface area contributed by atoms with Crippen molar-refractivity contribution in [3.8, 4) is 0 Å². The SMILES string of the molecule is C1=CC2=C3C=C4N=C(C=c5[nH]c(c6ccccc56)=CC5=NC(=CC(N3)C2C=C1)c1ccccc15)c1ccccc14. The summed E-state index contributed by atoms with van der Waals surface area (Å²) in [4.78, 5) is 14.1. The van der Waals surface area contributed by atoms with Crippen molar-refractivity contribution in [2.45, 2.75) is 6.04 Å². The molecule has 2 N–H and O–H groups in total. The van der Waals surface area contributed by atoms with Crippen molar-refractivity contribution in [3.05, 3.63) is 153 Å². The zero-order valence-electron chi connectivity index (χ0n) is 21.6. The quantitative estimate of drug-likeness (QED) is 0.326. The molecule has 2 unspecified atom stereocenters. The number of aromatic amines is 1. The molecule has 5 heterocycles. The van der Waals surface area contributed by atoms with Crippen LogP contribution in [0.4, 0.5) is 0 Å². The van der Waals surface area contributed by atoms with Crippen LogP contribution < -0.4 is 16.0 Å².